The maximum Gasteiger partial charge on any atom is 0.262 e. The highest BCUT2D eigenvalue weighted by atomic mass is 32.2. The molecule has 0 bridgehead atoms. The van der Waals surface area contributed by atoms with E-state index in [0.29, 0.717) is 29.2 Å². The molecule has 0 aliphatic heterocycles. The zero-order valence-electron chi connectivity index (χ0n) is 16.6. The lowest BCUT2D eigenvalue weighted by Crippen LogP contribution is -2.30. The zero-order valence-corrected chi connectivity index (χ0v) is 17.4. The van der Waals surface area contributed by atoms with E-state index < -0.39 is 0 Å². The minimum atomic E-state index is -0.121. The number of nitrogens with zero attached hydrogens (tertiary/aromatic N) is 2. The first-order valence-corrected chi connectivity index (χ1v) is 10.7. The quantitative estimate of drug-likeness (QED) is 0.331. The largest absolute Gasteiger partial charge is 0.492 e. The maximum absolute atomic E-state index is 12.9. The lowest BCUT2D eigenvalue weighted by Gasteiger charge is -2.18. The van der Waals surface area contributed by atoms with E-state index in [4.69, 9.17) is 4.74 Å². The van der Waals surface area contributed by atoms with Crippen molar-refractivity contribution in [3.05, 3.63) is 65.0 Å². The van der Waals surface area contributed by atoms with E-state index in [9.17, 15) is 9.59 Å². The summed E-state index contributed by atoms with van der Waals surface area (Å²) in [7, 11) is 0. The van der Waals surface area contributed by atoms with Crippen LogP contribution in [0.2, 0.25) is 0 Å². The van der Waals surface area contributed by atoms with Crippen LogP contribution in [-0.2, 0) is 4.79 Å². The molecule has 0 spiro atoms. The van der Waals surface area contributed by atoms with E-state index in [2.05, 4.69) is 10.3 Å². The van der Waals surface area contributed by atoms with Crippen molar-refractivity contribution >= 4 is 28.6 Å². The number of aromatic nitrogens is 2. The molecule has 1 N–H and O–H groups in total. The standard InChI is InChI=1S/C22H25N3O3S/c1-3-16(2)25-21(27)18-11-7-8-12-19(18)24-22(25)29-15-20(26)23-13-14-28-17-9-5-4-6-10-17/h4-12,16H,3,13-15H2,1-2H3,(H,23,26)/t16-/m1/s1. The van der Waals surface area contributed by atoms with Gasteiger partial charge in [0.05, 0.1) is 23.2 Å². The Morgan fingerprint density at radius 3 is 2.66 bits per heavy atom. The Kier molecular flexibility index (Phi) is 7.30. The molecule has 1 heterocycles. The fourth-order valence-corrected chi connectivity index (χ4v) is 3.78. The second-order valence-electron chi connectivity index (χ2n) is 6.64. The van der Waals surface area contributed by atoms with Crippen LogP contribution in [0.15, 0.2) is 64.5 Å². The van der Waals surface area contributed by atoms with Gasteiger partial charge in [0, 0.05) is 6.04 Å². The Bertz CT molecular complexity index is 1020. The van der Waals surface area contributed by atoms with E-state index in [-0.39, 0.29) is 23.3 Å². The van der Waals surface area contributed by atoms with E-state index in [1.807, 2.05) is 62.4 Å². The molecule has 2 aromatic carbocycles. The Hall–Kier alpha value is -2.80. The SMILES string of the molecule is CC[C@@H](C)n1c(SCC(=O)NCCOc2ccccc2)nc2ccccc2c1=O. The molecule has 3 aromatic rings. The summed E-state index contributed by atoms with van der Waals surface area (Å²) in [4.78, 5) is 29.8. The predicted molar refractivity (Wildman–Crippen MR) is 117 cm³/mol. The molecule has 0 unspecified atom stereocenters. The normalized spacial score (nSPS) is 11.9. The Morgan fingerprint density at radius 2 is 1.90 bits per heavy atom. The molecule has 6 nitrogen and oxygen atoms in total. The van der Waals surface area contributed by atoms with Gasteiger partial charge in [0.15, 0.2) is 5.16 Å². The van der Waals surface area contributed by atoms with Gasteiger partial charge in [0.2, 0.25) is 5.91 Å². The van der Waals surface area contributed by atoms with Crippen LogP contribution in [0.3, 0.4) is 0 Å². The number of benzene rings is 2. The smallest absolute Gasteiger partial charge is 0.262 e. The van der Waals surface area contributed by atoms with E-state index in [1.165, 1.54) is 11.8 Å². The molecule has 1 aromatic heterocycles. The first-order valence-electron chi connectivity index (χ1n) is 9.68. The average Bonchev–Trinajstić information content (AvgIpc) is 2.75. The van der Waals surface area contributed by atoms with Gasteiger partial charge in [-0.05, 0) is 37.6 Å². The highest BCUT2D eigenvalue weighted by molar-refractivity contribution is 7.99. The number of hydrogen-bond donors (Lipinski definition) is 1. The molecule has 1 amide bonds. The van der Waals surface area contributed by atoms with Crippen LogP contribution >= 0.6 is 11.8 Å². The molecule has 0 aliphatic rings. The molecule has 0 radical (unpaired) electrons. The van der Waals surface area contributed by atoms with Crippen LogP contribution < -0.4 is 15.6 Å². The number of fused-ring (bicyclic) bond motifs is 1. The minimum Gasteiger partial charge on any atom is -0.492 e. The van der Waals surface area contributed by atoms with Crippen molar-refractivity contribution in [2.45, 2.75) is 31.5 Å². The second kappa shape index (κ2) is 10.1. The number of nitrogens with one attached hydrogen (secondary N) is 1. The summed E-state index contributed by atoms with van der Waals surface area (Å²) < 4.78 is 7.26. The van der Waals surface area contributed by atoms with Gasteiger partial charge >= 0.3 is 0 Å². The van der Waals surface area contributed by atoms with Crippen LogP contribution in [-0.4, -0.2) is 34.4 Å². The van der Waals surface area contributed by atoms with Crippen LogP contribution in [0.5, 0.6) is 5.75 Å². The Labute approximate surface area is 174 Å². The molecule has 29 heavy (non-hydrogen) atoms. The lowest BCUT2D eigenvalue weighted by atomic mass is 10.2. The molecule has 3 rings (SSSR count). The highest BCUT2D eigenvalue weighted by Crippen LogP contribution is 2.22. The van der Waals surface area contributed by atoms with Crippen LogP contribution in [0.25, 0.3) is 10.9 Å². The van der Waals surface area contributed by atoms with Gasteiger partial charge in [-0.3, -0.25) is 14.2 Å². The predicted octanol–water partition coefficient (Wildman–Crippen LogP) is 3.65. The molecular formula is C22H25N3O3S. The van der Waals surface area contributed by atoms with Crippen molar-refractivity contribution in [3.8, 4) is 5.75 Å². The van der Waals surface area contributed by atoms with Gasteiger partial charge in [-0.15, -0.1) is 0 Å². The molecule has 0 saturated heterocycles. The fourth-order valence-electron chi connectivity index (χ4n) is 2.86. The number of thioether (sulfide) groups is 1. The van der Waals surface area contributed by atoms with Gasteiger partial charge in [-0.1, -0.05) is 49.0 Å². The first kappa shape index (κ1) is 20.9. The average molecular weight is 412 g/mol. The number of ether oxygens (including phenoxy) is 1. The van der Waals surface area contributed by atoms with E-state index in [0.717, 1.165) is 12.2 Å². The third-order valence-electron chi connectivity index (χ3n) is 4.58. The summed E-state index contributed by atoms with van der Waals surface area (Å²) in [5.74, 6) is 0.839. The summed E-state index contributed by atoms with van der Waals surface area (Å²) in [5, 5.41) is 4.00. The monoisotopic (exact) mass is 411 g/mol. The number of amides is 1. The molecule has 0 fully saturated rings. The van der Waals surface area contributed by atoms with Gasteiger partial charge in [0.25, 0.3) is 5.56 Å². The highest BCUT2D eigenvalue weighted by Gasteiger charge is 2.16. The van der Waals surface area contributed by atoms with Crippen molar-refractivity contribution in [1.82, 2.24) is 14.9 Å². The maximum atomic E-state index is 12.9. The topological polar surface area (TPSA) is 73.2 Å². The number of rotatable bonds is 9. The lowest BCUT2D eigenvalue weighted by molar-refractivity contribution is -0.118. The van der Waals surface area contributed by atoms with E-state index >= 15 is 0 Å². The summed E-state index contributed by atoms with van der Waals surface area (Å²) in [5.41, 5.74) is 0.584. The molecule has 0 saturated carbocycles. The minimum absolute atomic E-state index is 0.00411. The van der Waals surface area contributed by atoms with Crippen LogP contribution in [0.1, 0.15) is 26.3 Å². The third-order valence-corrected chi connectivity index (χ3v) is 5.53. The van der Waals surface area contributed by atoms with Crippen molar-refractivity contribution < 1.29 is 9.53 Å². The summed E-state index contributed by atoms with van der Waals surface area (Å²) in [6.45, 7) is 4.83. The van der Waals surface area contributed by atoms with E-state index in [1.54, 1.807) is 10.6 Å². The van der Waals surface area contributed by atoms with Crippen molar-refractivity contribution in [1.29, 1.82) is 0 Å². The molecule has 1 atom stereocenters. The molecule has 7 heteroatoms. The summed E-state index contributed by atoms with van der Waals surface area (Å²) >= 11 is 1.28. The number of carbonyl (C=O) groups is 1. The van der Waals surface area contributed by atoms with Gasteiger partial charge < -0.3 is 10.1 Å². The molecular weight excluding hydrogens is 386 g/mol. The van der Waals surface area contributed by atoms with Crippen molar-refractivity contribution in [3.63, 3.8) is 0 Å². The van der Waals surface area contributed by atoms with Crippen LogP contribution in [0, 0.1) is 0 Å². The third kappa shape index (κ3) is 5.38. The number of hydrogen-bond acceptors (Lipinski definition) is 5. The van der Waals surface area contributed by atoms with Crippen molar-refractivity contribution in [2.75, 3.05) is 18.9 Å². The molecule has 0 aliphatic carbocycles. The van der Waals surface area contributed by atoms with Gasteiger partial charge in [0.1, 0.15) is 12.4 Å². The Morgan fingerprint density at radius 1 is 1.17 bits per heavy atom. The number of para-hydroxylation sites is 2. The van der Waals surface area contributed by atoms with Gasteiger partial charge in [-0.25, -0.2) is 4.98 Å². The number of carbonyl (C=O) groups excluding carboxylic acids is 1. The zero-order chi connectivity index (χ0) is 20.6. The molecule has 152 valence electrons. The Balaban J connectivity index is 1.62. The van der Waals surface area contributed by atoms with Crippen LogP contribution in [0.4, 0.5) is 0 Å². The second-order valence-corrected chi connectivity index (χ2v) is 7.59. The summed E-state index contributed by atoms with van der Waals surface area (Å²) in [6.07, 6.45) is 0.802. The van der Waals surface area contributed by atoms with Gasteiger partial charge in [-0.2, -0.15) is 0 Å². The fraction of sp³-hybridized carbons (Fsp3) is 0.318. The summed E-state index contributed by atoms with van der Waals surface area (Å²) in [6, 6.07) is 16.8. The first-order chi connectivity index (χ1) is 14.1. The van der Waals surface area contributed by atoms with Crippen molar-refractivity contribution in [2.24, 2.45) is 0 Å².